The SMILES string of the molecule is C=CCc1cc(-c2ccccc2)c(-c2ccccc2)c(/C(N)=N/O)c1O. The number of amidine groups is 1. The molecule has 0 spiro atoms. The highest BCUT2D eigenvalue weighted by Gasteiger charge is 2.22. The number of hydrogen-bond donors (Lipinski definition) is 3. The van der Waals surface area contributed by atoms with Crippen molar-refractivity contribution in [3.63, 3.8) is 0 Å². The maximum atomic E-state index is 10.8. The molecule has 3 aromatic rings. The number of benzene rings is 3. The van der Waals surface area contributed by atoms with E-state index in [1.807, 2.05) is 66.7 Å². The van der Waals surface area contributed by atoms with Crippen molar-refractivity contribution in [2.75, 3.05) is 0 Å². The van der Waals surface area contributed by atoms with Gasteiger partial charge in [0, 0.05) is 5.56 Å². The fourth-order valence-electron chi connectivity index (χ4n) is 3.09. The lowest BCUT2D eigenvalue weighted by Crippen LogP contribution is -2.16. The van der Waals surface area contributed by atoms with Gasteiger partial charge in [0.25, 0.3) is 0 Å². The van der Waals surface area contributed by atoms with Crippen LogP contribution in [-0.2, 0) is 6.42 Å². The van der Waals surface area contributed by atoms with Gasteiger partial charge in [0.05, 0.1) is 5.56 Å². The molecule has 4 heteroatoms. The van der Waals surface area contributed by atoms with Crippen molar-refractivity contribution in [2.45, 2.75) is 6.42 Å². The number of nitrogens with two attached hydrogens (primary N) is 1. The number of phenols is 1. The van der Waals surface area contributed by atoms with Crippen molar-refractivity contribution in [1.82, 2.24) is 0 Å². The molecule has 0 aliphatic rings. The number of hydrogen-bond acceptors (Lipinski definition) is 3. The molecule has 0 aromatic heterocycles. The Hall–Kier alpha value is -3.53. The van der Waals surface area contributed by atoms with E-state index in [9.17, 15) is 10.3 Å². The lowest BCUT2D eigenvalue weighted by atomic mass is 9.86. The van der Waals surface area contributed by atoms with E-state index in [1.54, 1.807) is 6.08 Å². The van der Waals surface area contributed by atoms with E-state index in [2.05, 4.69) is 11.7 Å². The van der Waals surface area contributed by atoms with Crippen LogP contribution in [0.4, 0.5) is 0 Å². The number of oxime groups is 1. The van der Waals surface area contributed by atoms with Crippen LogP contribution in [0, 0.1) is 0 Å². The molecule has 0 fully saturated rings. The second-order valence-corrected chi connectivity index (χ2v) is 5.89. The van der Waals surface area contributed by atoms with Gasteiger partial charge in [-0.15, -0.1) is 6.58 Å². The van der Waals surface area contributed by atoms with E-state index in [-0.39, 0.29) is 11.6 Å². The molecule has 3 rings (SSSR count). The molecule has 0 atom stereocenters. The van der Waals surface area contributed by atoms with Gasteiger partial charge in [0.15, 0.2) is 5.84 Å². The zero-order valence-corrected chi connectivity index (χ0v) is 14.3. The van der Waals surface area contributed by atoms with Crippen LogP contribution in [0.3, 0.4) is 0 Å². The Morgan fingerprint density at radius 3 is 2.12 bits per heavy atom. The predicted octanol–water partition coefficient (Wildman–Crippen LogP) is 4.55. The fraction of sp³-hybridized carbons (Fsp3) is 0.0455. The summed E-state index contributed by atoms with van der Waals surface area (Å²) in [6.45, 7) is 3.75. The Balaban J connectivity index is 2.45. The summed E-state index contributed by atoms with van der Waals surface area (Å²) < 4.78 is 0. The number of phenolic OH excluding ortho intramolecular Hbond substituents is 1. The lowest BCUT2D eigenvalue weighted by molar-refractivity contribution is 0.318. The Kier molecular flexibility index (Phi) is 5.04. The molecule has 0 radical (unpaired) electrons. The Labute approximate surface area is 152 Å². The van der Waals surface area contributed by atoms with Crippen LogP contribution in [0.15, 0.2) is 84.5 Å². The molecule has 0 aliphatic carbocycles. The summed E-state index contributed by atoms with van der Waals surface area (Å²) >= 11 is 0. The van der Waals surface area contributed by atoms with Crippen molar-refractivity contribution in [1.29, 1.82) is 0 Å². The van der Waals surface area contributed by atoms with Crippen molar-refractivity contribution in [3.05, 3.63) is 90.5 Å². The van der Waals surface area contributed by atoms with Gasteiger partial charge in [-0.3, -0.25) is 0 Å². The third kappa shape index (κ3) is 3.17. The van der Waals surface area contributed by atoms with Gasteiger partial charge < -0.3 is 16.0 Å². The zero-order valence-electron chi connectivity index (χ0n) is 14.3. The van der Waals surface area contributed by atoms with Gasteiger partial charge in [-0.05, 0) is 34.7 Å². The average molecular weight is 344 g/mol. The molecule has 0 saturated carbocycles. The summed E-state index contributed by atoms with van der Waals surface area (Å²) in [5, 5.41) is 23.3. The largest absolute Gasteiger partial charge is 0.507 e. The lowest BCUT2D eigenvalue weighted by Gasteiger charge is -2.19. The van der Waals surface area contributed by atoms with Gasteiger partial charge in [0.1, 0.15) is 5.75 Å². The predicted molar refractivity (Wildman–Crippen MR) is 105 cm³/mol. The van der Waals surface area contributed by atoms with Gasteiger partial charge >= 0.3 is 0 Å². The summed E-state index contributed by atoms with van der Waals surface area (Å²) in [5.74, 6) is -0.136. The van der Waals surface area contributed by atoms with Crippen LogP contribution in [0.2, 0.25) is 0 Å². The maximum Gasteiger partial charge on any atom is 0.174 e. The molecule has 4 N–H and O–H groups in total. The minimum atomic E-state index is -0.135. The van der Waals surface area contributed by atoms with E-state index >= 15 is 0 Å². The van der Waals surface area contributed by atoms with Crippen molar-refractivity contribution in [3.8, 4) is 28.0 Å². The normalized spacial score (nSPS) is 11.3. The standard InChI is InChI=1S/C22H20N2O2/c1-2-9-17-14-18(15-10-5-3-6-11-15)19(16-12-7-4-8-13-16)20(21(17)25)22(23)24-26/h2-8,10-14,25-26H,1,9H2,(H2,23,24). The van der Waals surface area contributed by atoms with E-state index in [1.165, 1.54) is 0 Å². The highest BCUT2D eigenvalue weighted by atomic mass is 16.4. The van der Waals surface area contributed by atoms with Crippen molar-refractivity contribution >= 4 is 5.84 Å². The molecule has 0 amide bonds. The molecule has 26 heavy (non-hydrogen) atoms. The number of allylic oxidation sites excluding steroid dienone is 1. The van der Waals surface area contributed by atoms with Crippen LogP contribution >= 0.6 is 0 Å². The molecule has 0 bridgehead atoms. The highest BCUT2D eigenvalue weighted by Crippen LogP contribution is 2.41. The van der Waals surface area contributed by atoms with Crippen LogP contribution in [0.25, 0.3) is 22.3 Å². The second-order valence-electron chi connectivity index (χ2n) is 5.89. The summed E-state index contributed by atoms with van der Waals surface area (Å²) in [6, 6.07) is 21.4. The van der Waals surface area contributed by atoms with Gasteiger partial charge in [0.2, 0.25) is 0 Å². The number of aromatic hydroxyl groups is 1. The maximum absolute atomic E-state index is 10.8. The molecule has 130 valence electrons. The Morgan fingerprint density at radius 2 is 1.58 bits per heavy atom. The topological polar surface area (TPSA) is 78.8 Å². The smallest absolute Gasteiger partial charge is 0.174 e. The van der Waals surface area contributed by atoms with E-state index in [0.29, 0.717) is 17.5 Å². The third-order valence-electron chi connectivity index (χ3n) is 4.25. The molecular formula is C22H20N2O2. The summed E-state index contributed by atoms with van der Waals surface area (Å²) in [4.78, 5) is 0. The van der Waals surface area contributed by atoms with Crippen LogP contribution < -0.4 is 5.73 Å². The summed E-state index contributed by atoms with van der Waals surface area (Å²) in [6.07, 6.45) is 2.18. The van der Waals surface area contributed by atoms with Crippen molar-refractivity contribution < 1.29 is 10.3 Å². The first kappa shape index (κ1) is 17.3. The molecule has 0 unspecified atom stereocenters. The van der Waals surface area contributed by atoms with E-state index in [0.717, 1.165) is 22.3 Å². The van der Waals surface area contributed by atoms with E-state index in [4.69, 9.17) is 5.73 Å². The van der Waals surface area contributed by atoms with Gasteiger partial charge in [-0.2, -0.15) is 0 Å². The Bertz CT molecular complexity index is 949. The first-order chi connectivity index (χ1) is 12.7. The molecule has 0 aliphatic heterocycles. The first-order valence-electron chi connectivity index (χ1n) is 8.25. The third-order valence-corrected chi connectivity index (χ3v) is 4.25. The first-order valence-corrected chi connectivity index (χ1v) is 8.25. The molecule has 0 saturated heterocycles. The van der Waals surface area contributed by atoms with Crippen LogP contribution in [-0.4, -0.2) is 16.1 Å². The minimum absolute atomic E-state index is 0.00117. The molecule has 0 heterocycles. The summed E-state index contributed by atoms with van der Waals surface area (Å²) in [5.41, 5.74) is 10.4. The number of nitrogens with zero attached hydrogens (tertiary/aromatic N) is 1. The Morgan fingerprint density at radius 1 is 1.00 bits per heavy atom. The fourth-order valence-corrected chi connectivity index (χ4v) is 3.09. The van der Waals surface area contributed by atoms with Gasteiger partial charge in [-0.25, -0.2) is 0 Å². The molecule has 3 aromatic carbocycles. The quantitative estimate of drug-likeness (QED) is 0.209. The molecule has 4 nitrogen and oxygen atoms in total. The van der Waals surface area contributed by atoms with Crippen molar-refractivity contribution in [2.24, 2.45) is 10.9 Å². The van der Waals surface area contributed by atoms with Crippen LogP contribution in [0.5, 0.6) is 5.75 Å². The highest BCUT2D eigenvalue weighted by molar-refractivity contribution is 6.09. The monoisotopic (exact) mass is 344 g/mol. The zero-order chi connectivity index (χ0) is 18.5. The minimum Gasteiger partial charge on any atom is -0.507 e. The number of rotatable bonds is 5. The second kappa shape index (κ2) is 7.57. The molecular weight excluding hydrogens is 324 g/mol. The van der Waals surface area contributed by atoms with E-state index < -0.39 is 0 Å². The average Bonchev–Trinajstić information content (AvgIpc) is 2.70. The van der Waals surface area contributed by atoms with Gasteiger partial charge in [-0.1, -0.05) is 71.9 Å². The summed E-state index contributed by atoms with van der Waals surface area (Å²) in [7, 11) is 0. The van der Waals surface area contributed by atoms with Crippen LogP contribution in [0.1, 0.15) is 11.1 Å².